The molecule has 0 unspecified atom stereocenters. The Bertz CT molecular complexity index is 684. The predicted octanol–water partition coefficient (Wildman–Crippen LogP) is 3.45. The van der Waals surface area contributed by atoms with Crippen LogP contribution in [0.5, 0.6) is 0 Å². The van der Waals surface area contributed by atoms with Crippen LogP contribution >= 0.6 is 0 Å². The Morgan fingerprint density at radius 1 is 1.35 bits per heavy atom. The summed E-state index contributed by atoms with van der Waals surface area (Å²) in [7, 11) is 0. The number of fused-ring (bicyclic) bond motifs is 2. The highest BCUT2D eigenvalue weighted by atomic mass is 16.6. The van der Waals surface area contributed by atoms with Crippen LogP contribution in [0.1, 0.15) is 48.5 Å². The van der Waals surface area contributed by atoms with Gasteiger partial charge in [-0.15, -0.1) is 0 Å². The van der Waals surface area contributed by atoms with Gasteiger partial charge in [0, 0.05) is 28.8 Å². The van der Waals surface area contributed by atoms with Crippen molar-refractivity contribution in [2.45, 2.75) is 39.5 Å². The molecule has 1 amide bonds. The van der Waals surface area contributed by atoms with Crippen LogP contribution in [0, 0.1) is 34.8 Å². The third-order valence-corrected chi connectivity index (χ3v) is 5.26. The monoisotopic (exact) mass is 315 g/mol. The van der Waals surface area contributed by atoms with E-state index in [9.17, 15) is 14.9 Å². The Balaban J connectivity index is 1.66. The lowest BCUT2D eigenvalue weighted by Gasteiger charge is -2.21. The summed E-state index contributed by atoms with van der Waals surface area (Å²) in [5.41, 5.74) is 4.45. The summed E-state index contributed by atoms with van der Waals surface area (Å²) in [6.07, 6.45) is 5.10. The largest absolute Gasteiger partial charge is 0.272 e. The number of carbonyl (C=O) groups excluding carboxylic acids is 1. The second-order valence-corrected chi connectivity index (χ2v) is 6.73. The molecule has 1 aromatic rings. The molecule has 0 spiro atoms. The van der Waals surface area contributed by atoms with E-state index in [1.165, 1.54) is 43.9 Å². The zero-order chi connectivity index (χ0) is 16.6. The molecule has 3 rings (SSSR count). The van der Waals surface area contributed by atoms with Gasteiger partial charge in [0.1, 0.15) is 0 Å². The van der Waals surface area contributed by atoms with E-state index in [0.717, 1.165) is 17.5 Å². The van der Waals surface area contributed by atoms with Crippen molar-refractivity contribution in [3.8, 4) is 0 Å². The molecule has 2 saturated carbocycles. The molecule has 2 bridgehead atoms. The summed E-state index contributed by atoms with van der Waals surface area (Å²) < 4.78 is 0. The number of nitrogens with zero attached hydrogens (tertiary/aromatic N) is 2. The molecule has 2 fully saturated rings. The van der Waals surface area contributed by atoms with Gasteiger partial charge in [-0.25, -0.2) is 5.43 Å². The zero-order valence-corrected chi connectivity index (χ0v) is 13.4. The van der Waals surface area contributed by atoms with Gasteiger partial charge in [0.2, 0.25) is 0 Å². The van der Waals surface area contributed by atoms with E-state index in [2.05, 4.69) is 10.5 Å². The fraction of sp³-hybridized carbons (Fsp3) is 0.529. The summed E-state index contributed by atoms with van der Waals surface area (Å²) >= 11 is 0. The van der Waals surface area contributed by atoms with Gasteiger partial charge in [-0.3, -0.25) is 14.9 Å². The summed E-state index contributed by atoms with van der Waals surface area (Å²) in [4.78, 5) is 22.5. The molecule has 0 saturated heterocycles. The number of hydrogen-bond donors (Lipinski definition) is 1. The van der Waals surface area contributed by atoms with Crippen molar-refractivity contribution >= 4 is 17.3 Å². The lowest BCUT2D eigenvalue weighted by molar-refractivity contribution is -0.385. The minimum Gasteiger partial charge on any atom is -0.267 e. The highest BCUT2D eigenvalue weighted by molar-refractivity contribution is 5.96. The number of nitrogens with one attached hydrogen (secondary N) is 1. The molecule has 0 aromatic heterocycles. The molecule has 6 heteroatoms. The van der Waals surface area contributed by atoms with Crippen LogP contribution in [-0.4, -0.2) is 16.5 Å². The van der Waals surface area contributed by atoms with E-state index in [-0.39, 0.29) is 11.6 Å². The summed E-state index contributed by atoms with van der Waals surface area (Å²) in [6.45, 7) is 3.60. The van der Waals surface area contributed by atoms with Gasteiger partial charge < -0.3 is 0 Å². The standard InChI is InChI=1S/C17H21N3O3/c1-10-7-14(5-6-16(10)20(22)23)17(21)19-18-11(2)15-9-12-3-4-13(15)8-12/h5-7,12-13,15H,3-4,8-9H2,1-2H3,(H,19,21)/b18-11+/t12-,13-,15-/m0/s1. The van der Waals surface area contributed by atoms with E-state index in [1.54, 1.807) is 6.92 Å². The average molecular weight is 315 g/mol. The number of carbonyl (C=O) groups is 1. The highest BCUT2D eigenvalue weighted by Gasteiger charge is 2.40. The van der Waals surface area contributed by atoms with Gasteiger partial charge in [0.25, 0.3) is 11.6 Å². The van der Waals surface area contributed by atoms with Crippen molar-refractivity contribution in [1.29, 1.82) is 0 Å². The van der Waals surface area contributed by atoms with Crippen molar-refractivity contribution in [2.24, 2.45) is 22.9 Å². The van der Waals surface area contributed by atoms with E-state index >= 15 is 0 Å². The van der Waals surface area contributed by atoms with E-state index in [4.69, 9.17) is 0 Å². The molecule has 0 heterocycles. The molecule has 0 radical (unpaired) electrons. The average Bonchev–Trinajstić information content (AvgIpc) is 3.14. The van der Waals surface area contributed by atoms with Crippen molar-refractivity contribution < 1.29 is 9.72 Å². The first-order valence-corrected chi connectivity index (χ1v) is 8.05. The lowest BCUT2D eigenvalue weighted by Crippen LogP contribution is -2.24. The van der Waals surface area contributed by atoms with Crippen LogP contribution in [0.2, 0.25) is 0 Å². The molecule has 122 valence electrons. The van der Waals surface area contributed by atoms with Crippen LogP contribution in [0.4, 0.5) is 5.69 Å². The van der Waals surface area contributed by atoms with Crippen molar-refractivity contribution in [2.75, 3.05) is 0 Å². The van der Waals surface area contributed by atoms with Gasteiger partial charge in [0.05, 0.1) is 4.92 Å². The number of benzene rings is 1. The minimum absolute atomic E-state index is 0.0169. The zero-order valence-electron chi connectivity index (χ0n) is 13.4. The second-order valence-electron chi connectivity index (χ2n) is 6.73. The molecule has 2 aliphatic carbocycles. The molecule has 3 atom stereocenters. The van der Waals surface area contributed by atoms with Gasteiger partial charge in [-0.05, 0) is 57.1 Å². The fourth-order valence-corrected chi connectivity index (χ4v) is 4.04. The molecule has 0 aliphatic heterocycles. The number of hydrazone groups is 1. The van der Waals surface area contributed by atoms with Crippen molar-refractivity contribution in [3.05, 3.63) is 39.4 Å². The molecule has 2 aliphatic rings. The Morgan fingerprint density at radius 2 is 2.13 bits per heavy atom. The van der Waals surface area contributed by atoms with Crippen LogP contribution in [0.15, 0.2) is 23.3 Å². The third kappa shape index (κ3) is 3.11. The number of nitro groups is 1. The summed E-state index contributed by atoms with van der Waals surface area (Å²) in [5.74, 6) is 1.73. The quantitative estimate of drug-likeness (QED) is 0.524. The van der Waals surface area contributed by atoms with E-state index in [0.29, 0.717) is 17.0 Å². The fourth-order valence-electron chi connectivity index (χ4n) is 4.04. The smallest absolute Gasteiger partial charge is 0.267 e. The first kappa shape index (κ1) is 15.6. The first-order chi connectivity index (χ1) is 11.0. The summed E-state index contributed by atoms with van der Waals surface area (Å²) in [5, 5.41) is 15.1. The Morgan fingerprint density at radius 3 is 2.70 bits per heavy atom. The van der Waals surface area contributed by atoms with Crippen molar-refractivity contribution in [3.63, 3.8) is 0 Å². The molecular formula is C17H21N3O3. The van der Waals surface area contributed by atoms with Crippen LogP contribution in [-0.2, 0) is 0 Å². The lowest BCUT2D eigenvalue weighted by atomic mass is 9.86. The van der Waals surface area contributed by atoms with Gasteiger partial charge >= 0.3 is 0 Å². The molecule has 23 heavy (non-hydrogen) atoms. The number of hydrogen-bond acceptors (Lipinski definition) is 4. The summed E-state index contributed by atoms with van der Waals surface area (Å²) in [6, 6.07) is 4.34. The van der Waals surface area contributed by atoms with Crippen LogP contribution in [0.25, 0.3) is 0 Å². The second kappa shape index (κ2) is 6.10. The van der Waals surface area contributed by atoms with Gasteiger partial charge in [0.15, 0.2) is 0 Å². The third-order valence-electron chi connectivity index (χ3n) is 5.26. The van der Waals surface area contributed by atoms with Gasteiger partial charge in [-0.2, -0.15) is 5.10 Å². The Hall–Kier alpha value is -2.24. The SMILES string of the molecule is C/C(=N\NC(=O)c1ccc([N+](=O)[O-])c(C)c1)[C@@H]1C[C@H]2CC[C@H]1C2. The molecular weight excluding hydrogens is 294 g/mol. The van der Waals surface area contributed by atoms with Crippen molar-refractivity contribution in [1.82, 2.24) is 5.43 Å². The number of aryl methyl sites for hydroxylation is 1. The molecule has 1 N–H and O–H groups in total. The maximum Gasteiger partial charge on any atom is 0.272 e. The Labute approximate surface area is 135 Å². The maximum absolute atomic E-state index is 12.2. The van der Waals surface area contributed by atoms with E-state index in [1.807, 2.05) is 6.92 Å². The normalized spacial score (nSPS) is 26.3. The topological polar surface area (TPSA) is 84.6 Å². The maximum atomic E-state index is 12.2. The van der Waals surface area contributed by atoms with E-state index < -0.39 is 4.92 Å². The first-order valence-electron chi connectivity index (χ1n) is 8.05. The minimum atomic E-state index is -0.450. The number of nitro benzene ring substituents is 1. The van der Waals surface area contributed by atoms with Gasteiger partial charge in [-0.1, -0.05) is 6.42 Å². The predicted molar refractivity (Wildman–Crippen MR) is 87.3 cm³/mol. The highest BCUT2D eigenvalue weighted by Crippen LogP contribution is 2.48. The van der Waals surface area contributed by atoms with Crippen LogP contribution < -0.4 is 5.43 Å². The number of rotatable bonds is 4. The molecule has 1 aromatic carbocycles. The number of amides is 1. The van der Waals surface area contributed by atoms with Crippen LogP contribution in [0.3, 0.4) is 0 Å². The molecule has 6 nitrogen and oxygen atoms in total. The Kier molecular flexibility index (Phi) is 4.15.